The summed E-state index contributed by atoms with van der Waals surface area (Å²) in [7, 11) is 0. The Kier molecular flexibility index (Phi) is 8.12. The van der Waals surface area contributed by atoms with Gasteiger partial charge in [0.25, 0.3) is 0 Å². The molecular formula is C61H37N3OS. The van der Waals surface area contributed by atoms with Gasteiger partial charge in [-0.25, -0.2) is 4.98 Å². The molecule has 0 aliphatic rings. The third-order valence-corrected chi connectivity index (χ3v) is 14.5. The van der Waals surface area contributed by atoms with Gasteiger partial charge in [-0.3, -0.25) is 4.57 Å². The minimum Gasteiger partial charge on any atom is -0.456 e. The van der Waals surface area contributed by atoms with Crippen LogP contribution in [0.4, 0.5) is 0 Å². The van der Waals surface area contributed by atoms with Gasteiger partial charge in [0.1, 0.15) is 17.0 Å². The van der Waals surface area contributed by atoms with Crippen LogP contribution in [0.25, 0.3) is 131 Å². The molecule has 14 aromatic rings. The number of thiophene rings is 1. The van der Waals surface area contributed by atoms with Crippen LogP contribution in [-0.4, -0.2) is 14.1 Å². The van der Waals surface area contributed by atoms with E-state index in [9.17, 15) is 0 Å². The van der Waals surface area contributed by atoms with Crippen LogP contribution in [0.15, 0.2) is 229 Å². The highest BCUT2D eigenvalue weighted by Gasteiger charge is 2.21. The molecule has 4 heterocycles. The standard InChI is InChI=1S/C61H37N3OS/c1-3-14-38(15-4-1)41-16-13-17-42(34-41)43-35-51(39-26-28-40(29-27-39)61-62-52-22-9-11-24-54(52)64(61)44-18-5-2-6-19-44)58-50-31-30-45(37-55(50)65-56(58)36-43)63-53-23-10-7-20-46(53)48-32-33-49-47-21-8-12-25-57(47)66-60(49)59(48)63/h1-37H. The van der Waals surface area contributed by atoms with Crippen molar-refractivity contribution in [3.63, 3.8) is 0 Å². The summed E-state index contributed by atoms with van der Waals surface area (Å²) in [5, 5.41) is 7.25. The number of imidazole rings is 1. The summed E-state index contributed by atoms with van der Waals surface area (Å²) in [6.45, 7) is 0. The van der Waals surface area contributed by atoms with Crippen molar-refractivity contribution in [2.45, 2.75) is 0 Å². The molecule has 0 N–H and O–H groups in total. The van der Waals surface area contributed by atoms with Crippen LogP contribution in [-0.2, 0) is 0 Å². The van der Waals surface area contributed by atoms with E-state index in [0.717, 1.165) is 78.0 Å². The average Bonchev–Trinajstić information content (AvgIpc) is 4.15. The fourth-order valence-corrected chi connectivity index (χ4v) is 11.5. The quantitative estimate of drug-likeness (QED) is 0.167. The van der Waals surface area contributed by atoms with E-state index in [1.54, 1.807) is 0 Å². The van der Waals surface area contributed by atoms with Crippen molar-refractivity contribution >= 4 is 86.3 Å². The Hall–Kier alpha value is -8.51. The van der Waals surface area contributed by atoms with Crippen LogP contribution in [0, 0.1) is 0 Å². The summed E-state index contributed by atoms with van der Waals surface area (Å²) in [5.74, 6) is 0.907. The SMILES string of the molecule is c1ccc(-c2cccc(-c3cc(-c4ccc(-c5nc6ccccc6n5-c5ccccc5)cc4)c4c(c3)oc3cc(-n5c6ccccc6c6ccc7c8ccccc8sc7c65)ccc34)c2)cc1. The molecule has 308 valence electrons. The van der Waals surface area contributed by atoms with Gasteiger partial charge in [-0.2, -0.15) is 0 Å². The van der Waals surface area contributed by atoms with E-state index in [1.165, 1.54) is 53.1 Å². The minimum atomic E-state index is 0.849. The van der Waals surface area contributed by atoms with Crippen molar-refractivity contribution < 1.29 is 4.42 Å². The molecule has 0 saturated heterocycles. The lowest BCUT2D eigenvalue weighted by atomic mass is 9.92. The number of hydrogen-bond acceptors (Lipinski definition) is 3. The topological polar surface area (TPSA) is 35.9 Å². The zero-order chi connectivity index (χ0) is 43.3. The van der Waals surface area contributed by atoms with Gasteiger partial charge in [-0.15, -0.1) is 11.3 Å². The van der Waals surface area contributed by atoms with Crippen LogP contribution in [0.2, 0.25) is 0 Å². The van der Waals surface area contributed by atoms with Crippen molar-refractivity contribution in [1.29, 1.82) is 0 Å². The van der Waals surface area contributed by atoms with Crippen molar-refractivity contribution in [2.24, 2.45) is 0 Å². The van der Waals surface area contributed by atoms with Crippen molar-refractivity contribution in [3.8, 4) is 56.1 Å². The molecule has 0 amide bonds. The monoisotopic (exact) mass is 859 g/mol. The maximum absolute atomic E-state index is 7.06. The third-order valence-electron chi connectivity index (χ3n) is 13.3. The summed E-state index contributed by atoms with van der Waals surface area (Å²) in [5.41, 5.74) is 16.1. The van der Waals surface area contributed by atoms with Crippen LogP contribution in [0.3, 0.4) is 0 Å². The highest BCUT2D eigenvalue weighted by atomic mass is 32.1. The lowest BCUT2D eigenvalue weighted by Gasteiger charge is -2.12. The zero-order valence-electron chi connectivity index (χ0n) is 35.5. The summed E-state index contributed by atoms with van der Waals surface area (Å²) < 4.78 is 14.3. The first-order valence-corrected chi connectivity index (χ1v) is 23.2. The van der Waals surface area contributed by atoms with E-state index in [4.69, 9.17) is 9.40 Å². The summed E-state index contributed by atoms with van der Waals surface area (Å²) in [6, 6.07) is 80.6. The Labute approximate surface area is 383 Å². The second kappa shape index (κ2) is 14.5. The summed E-state index contributed by atoms with van der Waals surface area (Å²) in [4.78, 5) is 5.17. The van der Waals surface area contributed by atoms with Crippen LogP contribution < -0.4 is 0 Å². The maximum Gasteiger partial charge on any atom is 0.145 e. The minimum absolute atomic E-state index is 0.849. The highest BCUT2D eigenvalue weighted by molar-refractivity contribution is 7.26. The molecule has 0 spiro atoms. The summed E-state index contributed by atoms with van der Waals surface area (Å²) >= 11 is 1.87. The van der Waals surface area contributed by atoms with Gasteiger partial charge in [-0.1, -0.05) is 152 Å². The Balaban J connectivity index is 0.975. The molecule has 10 aromatic carbocycles. The Bertz CT molecular complexity index is 4210. The van der Waals surface area contributed by atoms with Gasteiger partial charge in [-0.05, 0) is 100 Å². The number of fused-ring (bicyclic) bond motifs is 11. The van der Waals surface area contributed by atoms with Gasteiger partial charge in [0, 0.05) is 60.0 Å². The van der Waals surface area contributed by atoms with Gasteiger partial charge in [0.2, 0.25) is 0 Å². The van der Waals surface area contributed by atoms with Crippen LogP contribution in [0.1, 0.15) is 0 Å². The van der Waals surface area contributed by atoms with E-state index in [1.807, 2.05) is 11.3 Å². The Morgan fingerprint density at radius 3 is 1.89 bits per heavy atom. The van der Waals surface area contributed by atoms with Gasteiger partial charge in [0.05, 0.1) is 26.8 Å². The number of benzene rings is 10. The lowest BCUT2D eigenvalue weighted by molar-refractivity contribution is 0.669. The molecule has 0 fully saturated rings. The molecule has 0 unspecified atom stereocenters. The average molecular weight is 860 g/mol. The number of furan rings is 1. The van der Waals surface area contributed by atoms with Crippen molar-refractivity contribution in [3.05, 3.63) is 224 Å². The molecule has 4 nitrogen and oxygen atoms in total. The molecule has 14 rings (SSSR count). The fraction of sp³-hybridized carbons (Fsp3) is 0. The van der Waals surface area contributed by atoms with Crippen molar-refractivity contribution in [1.82, 2.24) is 14.1 Å². The zero-order valence-corrected chi connectivity index (χ0v) is 36.3. The molecular weight excluding hydrogens is 823 g/mol. The fourth-order valence-electron chi connectivity index (χ4n) is 10.3. The number of nitrogens with zero attached hydrogens (tertiary/aromatic N) is 3. The first-order valence-electron chi connectivity index (χ1n) is 22.4. The normalized spacial score (nSPS) is 11.9. The molecule has 0 radical (unpaired) electrons. The highest BCUT2D eigenvalue weighted by Crippen LogP contribution is 2.45. The second-order valence-electron chi connectivity index (χ2n) is 17.1. The molecule has 0 aliphatic carbocycles. The van der Waals surface area contributed by atoms with Crippen LogP contribution >= 0.6 is 11.3 Å². The maximum atomic E-state index is 7.06. The molecule has 0 bridgehead atoms. The number of aromatic nitrogens is 3. The molecule has 0 saturated carbocycles. The number of para-hydroxylation sites is 4. The van der Waals surface area contributed by atoms with Gasteiger partial charge < -0.3 is 8.98 Å². The van der Waals surface area contributed by atoms with Gasteiger partial charge in [0.15, 0.2) is 0 Å². The Morgan fingerprint density at radius 2 is 1.05 bits per heavy atom. The van der Waals surface area contributed by atoms with Gasteiger partial charge >= 0.3 is 0 Å². The van der Waals surface area contributed by atoms with E-state index in [2.05, 4.69) is 234 Å². The van der Waals surface area contributed by atoms with E-state index in [-0.39, 0.29) is 0 Å². The predicted molar refractivity (Wildman–Crippen MR) is 277 cm³/mol. The van der Waals surface area contributed by atoms with Crippen molar-refractivity contribution in [2.75, 3.05) is 0 Å². The molecule has 66 heavy (non-hydrogen) atoms. The van der Waals surface area contributed by atoms with E-state index < -0.39 is 0 Å². The molecule has 0 atom stereocenters. The first-order chi connectivity index (χ1) is 32.7. The largest absolute Gasteiger partial charge is 0.456 e. The lowest BCUT2D eigenvalue weighted by Crippen LogP contribution is -1.97. The molecule has 4 aromatic heterocycles. The summed E-state index contributed by atoms with van der Waals surface area (Å²) in [6.07, 6.45) is 0. The van der Waals surface area contributed by atoms with E-state index >= 15 is 0 Å². The Morgan fingerprint density at radius 1 is 0.379 bits per heavy atom. The van der Waals surface area contributed by atoms with E-state index in [0.29, 0.717) is 0 Å². The predicted octanol–water partition coefficient (Wildman–Crippen LogP) is 17.1. The smallest absolute Gasteiger partial charge is 0.145 e. The third kappa shape index (κ3) is 5.67. The molecule has 0 aliphatic heterocycles. The number of rotatable bonds is 6. The van der Waals surface area contributed by atoms with Crippen LogP contribution in [0.5, 0.6) is 0 Å². The second-order valence-corrected chi connectivity index (χ2v) is 18.1. The molecule has 5 heteroatoms. The first kappa shape index (κ1) is 36.9. The number of hydrogen-bond donors (Lipinski definition) is 0.